The van der Waals surface area contributed by atoms with Gasteiger partial charge < -0.3 is 10.6 Å². The number of carbonyl (C=O) groups excluding carboxylic acids is 2. The van der Waals surface area contributed by atoms with E-state index in [1.54, 1.807) is 23.7 Å². The minimum absolute atomic E-state index is 0.0512. The van der Waals surface area contributed by atoms with Gasteiger partial charge in [-0.1, -0.05) is 6.07 Å². The maximum atomic E-state index is 12.8. The molecule has 132 valence electrons. The largest absolute Gasteiger partial charge is 0.325 e. The number of nitrogens with one attached hydrogen (secondary N) is 2. The van der Waals surface area contributed by atoms with Gasteiger partial charge in [0.15, 0.2) is 0 Å². The number of anilines is 2. The fourth-order valence-electron chi connectivity index (χ4n) is 2.18. The number of carbonyl (C=O) groups is 2. The standard InChI is InChI=1S/C18H20FN3O2S/c1-22(11-17(23)20-14-8-6-13(19)7-9-14)12-18(24)21-15-4-3-5-16(10-15)25-2/h3-10H,11-12H2,1-2H3,(H,20,23)(H,21,24). The zero-order chi connectivity index (χ0) is 18.2. The summed E-state index contributed by atoms with van der Waals surface area (Å²) in [6.07, 6.45) is 1.97. The highest BCUT2D eigenvalue weighted by Crippen LogP contribution is 2.18. The molecule has 0 bridgehead atoms. The van der Waals surface area contributed by atoms with E-state index in [1.165, 1.54) is 24.3 Å². The molecule has 0 saturated carbocycles. The van der Waals surface area contributed by atoms with Crippen LogP contribution in [0.2, 0.25) is 0 Å². The molecule has 25 heavy (non-hydrogen) atoms. The fraction of sp³-hybridized carbons (Fsp3) is 0.222. The van der Waals surface area contributed by atoms with Gasteiger partial charge >= 0.3 is 0 Å². The Morgan fingerprint density at radius 3 is 2.20 bits per heavy atom. The van der Waals surface area contributed by atoms with E-state index < -0.39 is 0 Å². The highest BCUT2D eigenvalue weighted by atomic mass is 32.2. The van der Waals surface area contributed by atoms with Gasteiger partial charge in [-0.25, -0.2) is 4.39 Å². The van der Waals surface area contributed by atoms with Gasteiger partial charge in [-0.3, -0.25) is 14.5 Å². The van der Waals surface area contributed by atoms with Gasteiger partial charge in [0, 0.05) is 16.3 Å². The fourth-order valence-corrected chi connectivity index (χ4v) is 2.64. The molecule has 2 aromatic carbocycles. The molecule has 0 aliphatic carbocycles. The third-order valence-corrected chi connectivity index (χ3v) is 4.03. The topological polar surface area (TPSA) is 61.4 Å². The minimum atomic E-state index is -0.364. The van der Waals surface area contributed by atoms with Gasteiger partial charge in [0.1, 0.15) is 5.82 Å². The van der Waals surface area contributed by atoms with Crippen molar-refractivity contribution in [2.75, 3.05) is 37.0 Å². The highest BCUT2D eigenvalue weighted by molar-refractivity contribution is 7.98. The zero-order valence-corrected chi connectivity index (χ0v) is 14.9. The molecule has 2 amide bonds. The van der Waals surface area contributed by atoms with Crippen molar-refractivity contribution >= 4 is 35.0 Å². The molecule has 7 heteroatoms. The first kappa shape index (κ1) is 19.0. The van der Waals surface area contributed by atoms with E-state index >= 15 is 0 Å². The summed E-state index contributed by atoms with van der Waals surface area (Å²) in [7, 11) is 1.68. The molecule has 0 aromatic heterocycles. The summed E-state index contributed by atoms with van der Waals surface area (Å²) in [6, 6.07) is 13.1. The maximum absolute atomic E-state index is 12.8. The number of thioether (sulfide) groups is 1. The molecule has 2 aromatic rings. The number of benzene rings is 2. The molecular formula is C18H20FN3O2S. The molecule has 5 nitrogen and oxygen atoms in total. The predicted molar refractivity (Wildman–Crippen MR) is 99.4 cm³/mol. The van der Waals surface area contributed by atoms with Crippen LogP contribution in [0.5, 0.6) is 0 Å². The molecule has 2 N–H and O–H groups in total. The van der Waals surface area contributed by atoms with E-state index in [9.17, 15) is 14.0 Å². The van der Waals surface area contributed by atoms with Gasteiger partial charge in [0.2, 0.25) is 11.8 Å². The van der Waals surface area contributed by atoms with E-state index in [1.807, 2.05) is 30.5 Å². The molecule has 0 heterocycles. The lowest BCUT2D eigenvalue weighted by Gasteiger charge is -2.16. The molecule has 2 rings (SSSR count). The van der Waals surface area contributed by atoms with Crippen molar-refractivity contribution in [2.45, 2.75) is 4.90 Å². The zero-order valence-electron chi connectivity index (χ0n) is 14.1. The Kier molecular flexibility index (Phi) is 6.97. The predicted octanol–water partition coefficient (Wildman–Crippen LogP) is 3.06. The van der Waals surface area contributed by atoms with Crippen LogP contribution in [-0.2, 0) is 9.59 Å². The van der Waals surface area contributed by atoms with Crippen molar-refractivity contribution in [2.24, 2.45) is 0 Å². The summed E-state index contributed by atoms with van der Waals surface area (Å²) in [6.45, 7) is 0.135. The molecule has 0 aliphatic rings. The lowest BCUT2D eigenvalue weighted by molar-refractivity contribution is -0.119. The monoisotopic (exact) mass is 361 g/mol. The second-order valence-corrected chi connectivity index (χ2v) is 6.39. The van der Waals surface area contributed by atoms with Crippen molar-refractivity contribution in [3.8, 4) is 0 Å². The van der Waals surface area contributed by atoms with E-state index in [4.69, 9.17) is 0 Å². The Labute approximate surface area is 150 Å². The SMILES string of the molecule is CSc1cccc(NC(=O)CN(C)CC(=O)Nc2ccc(F)cc2)c1. The highest BCUT2D eigenvalue weighted by Gasteiger charge is 2.11. The number of rotatable bonds is 7. The minimum Gasteiger partial charge on any atom is -0.325 e. The lowest BCUT2D eigenvalue weighted by Crippen LogP contribution is -2.36. The smallest absolute Gasteiger partial charge is 0.238 e. The first-order chi connectivity index (χ1) is 12.0. The second kappa shape index (κ2) is 9.19. The summed E-state index contributed by atoms with van der Waals surface area (Å²) >= 11 is 1.60. The van der Waals surface area contributed by atoms with Crippen molar-refractivity contribution in [3.63, 3.8) is 0 Å². The third-order valence-electron chi connectivity index (χ3n) is 3.31. The van der Waals surface area contributed by atoms with Gasteiger partial charge in [0.05, 0.1) is 13.1 Å². The number of hydrogen-bond donors (Lipinski definition) is 2. The van der Waals surface area contributed by atoms with Gasteiger partial charge in [-0.15, -0.1) is 11.8 Å². The molecule has 0 unspecified atom stereocenters. The molecule has 0 spiro atoms. The Morgan fingerprint density at radius 2 is 1.60 bits per heavy atom. The average Bonchev–Trinajstić information content (AvgIpc) is 2.56. The maximum Gasteiger partial charge on any atom is 0.238 e. The number of likely N-dealkylation sites (N-methyl/N-ethyl adjacent to an activating group) is 1. The molecule has 0 fully saturated rings. The number of nitrogens with zero attached hydrogens (tertiary/aromatic N) is 1. The third kappa shape index (κ3) is 6.56. The van der Waals surface area contributed by atoms with E-state index in [0.29, 0.717) is 5.69 Å². The summed E-state index contributed by atoms with van der Waals surface area (Å²) in [5, 5.41) is 5.47. The van der Waals surface area contributed by atoms with Crippen molar-refractivity contribution in [1.82, 2.24) is 4.90 Å². The number of amides is 2. The van der Waals surface area contributed by atoms with Crippen molar-refractivity contribution in [3.05, 3.63) is 54.3 Å². The molecule has 0 atom stereocenters. The van der Waals surface area contributed by atoms with Crippen LogP contribution in [0, 0.1) is 5.82 Å². The molecule has 0 aliphatic heterocycles. The summed E-state index contributed by atoms with van der Waals surface area (Å²) < 4.78 is 12.8. The summed E-state index contributed by atoms with van der Waals surface area (Å²) in [4.78, 5) is 26.7. The van der Waals surface area contributed by atoms with Gasteiger partial charge in [-0.2, -0.15) is 0 Å². The van der Waals surface area contributed by atoms with Crippen molar-refractivity contribution in [1.29, 1.82) is 0 Å². The van der Waals surface area contributed by atoms with Crippen LogP contribution in [0.15, 0.2) is 53.4 Å². The van der Waals surface area contributed by atoms with Crippen LogP contribution in [0.1, 0.15) is 0 Å². The lowest BCUT2D eigenvalue weighted by atomic mass is 10.3. The Hall–Kier alpha value is -2.38. The molecule has 0 radical (unpaired) electrons. The van der Waals surface area contributed by atoms with Gasteiger partial charge in [0.25, 0.3) is 0 Å². The van der Waals surface area contributed by atoms with Crippen LogP contribution in [-0.4, -0.2) is 43.1 Å². The van der Waals surface area contributed by atoms with Crippen LogP contribution in [0.25, 0.3) is 0 Å². The molecule has 0 saturated heterocycles. The number of halogens is 1. The molecular weight excluding hydrogens is 341 g/mol. The quantitative estimate of drug-likeness (QED) is 0.744. The van der Waals surface area contributed by atoms with Crippen LogP contribution < -0.4 is 10.6 Å². The Morgan fingerprint density at radius 1 is 1.00 bits per heavy atom. The van der Waals surface area contributed by atoms with E-state index in [2.05, 4.69) is 10.6 Å². The van der Waals surface area contributed by atoms with Crippen molar-refractivity contribution < 1.29 is 14.0 Å². The average molecular weight is 361 g/mol. The van der Waals surface area contributed by atoms with E-state index in [-0.39, 0.29) is 30.7 Å². The van der Waals surface area contributed by atoms with Gasteiger partial charge in [-0.05, 0) is 55.8 Å². The first-order valence-corrected chi connectivity index (χ1v) is 8.86. The summed E-state index contributed by atoms with van der Waals surface area (Å²) in [5.74, 6) is -0.834. The van der Waals surface area contributed by atoms with E-state index in [0.717, 1.165) is 10.6 Å². The normalized spacial score (nSPS) is 10.6. The van der Waals surface area contributed by atoms with Crippen LogP contribution in [0.4, 0.5) is 15.8 Å². The van der Waals surface area contributed by atoms with Crippen LogP contribution >= 0.6 is 11.8 Å². The Bertz CT molecular complexity index is 737. The van der Waals surface area contributed by atoms with Crippen LogP contribution in [0.3, 0.4) is 0 Å². The number of hydrogen-bond acceptors (Lipinski definition) is 4. The summed E-state index contributed by atoms with van der Waals surface area (Å²) in [5.41, 5.74) is 1.24. The Balaban J connectivity index is 1.80. The first-order valence-electron chi connectivity index (χ1n) is 7.64. The second-order valence-electron chi connectivity index (χ2n) is 5.51.